The van der Waals surface area contributed by atoms with E-state index in [1.807, 2.05) is 18.0 Å². The van der Waals surface area contributed by atoms with E-state index in [1.54, 1.807) is 6.92 Å². The zero-order valence-electron chi connectivity index (χ0n) is 17.2. The zero-order chi connectivity index (χ0) is 20.1. The average molecular weight is 396 g/mol. The lowest BCUT2D eigenvalue weighted by atomic mass is 9.76. The number of hydrogen-bond acceptors (Lipinski definition) is 7. The molecule has 3 aliphatic rings. The molecule has 4 heterocycles. The Morgan fingerprint density at radius 3 is 2.93 bits per heavy atom. The van der Waals surface area contributed by atoms with Crippen molar-refractivity contribution in [2.75, 3.05) is 6.54 Å². The highest BCUT2D eigenvalue weighted by Crippen LogP contribution is 2.35. The van der Waals surface area contributed by atoms with Gasteiger partial charge in [0.15, 0.2) is 0 Å². The maximum absolute atomic E-state index is 13.4. The molecule has 1 saturated carbocycles. The molecule has 29 heavy (non-hydrogen) atoms. The number of hydrogen-bond donors (Lipinski definition) is 2. The van der Waals surface area contributed by atoms with Gasteiger partial charge in [0.1, 0.15) is 6.04 Å². The van der Waals surface area contributed by atoms with E-state index >= 15 is 0 Å². The average Bonchev–Trinajstić information content (AvgIpc) is 3.32. The molecule has 0 spiro atoms. The lowest BCUT2D eigenvalue weighted by Gasteiger charge is -2.35. The summed E-state index contributed by atoms with van der Waals surface area (Å²) >= 11 is 0. The number of hydrazine groups is 1. The molecule has 1 amide bonds. The quantitative estimate of drug-likeness (QED) is 0.800. The summed E-state index contributed by atoms with van der Waals surface area (Å²) in [6, 6.07) is 0.275. The highest BCUT2D eigenvalue weighted by Gasteiger charge is 2.44. The first-order valence-electron chi connectivity index (χ1n) is 10.6. The standard InChI is InChI=1S/C21H28N6O2/c1-11-4-5-17-16(8-11)19(25-24-17)21(28)27-7-6-15-14(10-27)9-22-12(2)18(15)20-23-13(3)29-26-20/h9,11,16-17,19,24-25H,4-8,10H2,1-3H3. The van der Waals surface area contributed by atoms with Crippen molar-refractivity contribution in [1.82, 2.24) is 30.9 Å². The van der Waals surface area contributed by atoms with Gasteiger partial charge in [0.25, 0.3) is 0 Å². The minimum atomic E-state index is -0.137. The third kappa shape index (κ3) is 3.24. The van der Waals surface area contributed by atoms with Crippen LogP contribution in [0.15, 0.2) is 10.7 Å². The Hall–Kier alpha value is -2.32. The molecule has 8 nitrogen and oxygen atoms in total. The van der Waals surface area contributed by atoms with E-state index in [0.717, 1.165) is 36.1 Å². The largest absolute Gasteiger partial charge is 0.339 e. The molecule has 5 rings (SSSR count). The minimum absolute atomic E-state index is 0.137. The van der Waals surface area contributed by atoms with Gasteiger partial charge in [-0.2, -0.15) is 4.98 Å². The second kappa shape index (κ2) is 7.18. The third-order valence-electron chi connectivity index (χ3n) is 6.80. The van der Waals surface area contributed by atoms with Crippen molar-refractivity contribution in [1.29, 1.82) is 0 Å². The Morgan fingerprint density at radius 1 is 1.28 bits per heavy atom. The van der Waals surface area contributed by atoms with Crippen LogP contribution in [0.25, 0.3) is 11.4 Å². The van der Waals surface area contributed by atoms with Crippen molar-refractivity contribution in [2.45, 2.75) is 65.1 Å². The van der Waals surface area contributed by atoms with E-state index in [9.17, 15) is 4.79 Å². The van der Waals surface area contributed by atoms with Crippen molar-refractivity contribution in [3.05, 3.63) is 28.9 Å². The Bertz CT molecular complexity index is 941. The van der Waals surface area contributed by atoms with Gasteiger partial charge in [0.05, 0.1) is 0 Å². The maximum Gasteiger partial charge on any atom is 0.241 e. The van der Waals surface area contributed by atoms with Crippen molar-refractivity contribution in [3.8, 4) is 11.4 Å². The predicted octanol–water partition coefficient (Wildman–Crippen LogP) is 1.91. The van der Waals surface area contributed by atoms with E-state index in [0.29, 0.717) is 42.7 Å². The van der Waals surface area contributed by atoms with Gasteiger partial charge in [-0.15, -0.1) is 0 Å². The van der Waals surface area contributed by atoms with Gasteiger partial charge in [0, 0.05) is 49.4 Å². The van der Waals surface area contributed by atoms with Crippen LogP contribution < -0.4 is 10.9 Å². The van der Waals surface area contributed by atoms with Gasteiger partial charge in [-0.05, 0) is 49.7 Å². The number of fused-ring (bicyclic) bond motifs is 2. The summed E-state index contributed by atoms with van der Waals surface area (Å²) in [7, 11) is 0. The summed E-state index contributed by atoms with van der Waals surface area (Å²) in [5, 5.41) is 4.10. The number of aromatic nitrogens is 3. The van der Waals surface area contributed by atoms with Crippen LogP contribution >= 0.6 is 0 Å². The topological polar surface area (TPSA) is 96.2 Å². The molecule has 1 saturated heterocycles. The second-order valence-electron chi connectivity index (χ2n) is 8.82. The molecule has 0 bridgehead atoms. The van der Waals surface area contributed by atoms with Crippen LogP contribution in [0, 0.1) is 25.7 Å². The number of aryl methyl sites for hydroxylation is 2. The Morgan fingerprint density at radius 2 is 2.14 bits per heavy atom. The summed E-state index contributed by atoms with van der Waals surface area (Å²) in [5.41, 5.74) is 10.8. The van der Waals surface area contributed by atoms with Crippen LogP contribution in [-0.4, -0.2) is 44.6 Å². The van der Waals surface area contributed by atoms with Gasteiger partial charge in [-0.25, -0.2) is 5.43 Å². The van der Waals surface area contributed by atoms with Crippen LogP contribution in [-0.2, 0) is 17.8 Å². The first-order valence-corrected chi connectivity index (χ1v) is 10.6. The number of carbonyl (C=O) groups excluding carboxylic acids is 1. The molecule has 4 atom stereocenters. The zero-order valence-corrected chi connectivity index (χ0v) is 17.2. The molecule has 4 unspecified atom stereocenters. The summed E-state index contributed by atoms with van der Waals surface area (Å²) in [6.07, 6.45) is 6.15. The Balaban J connectivity index is 1.38. The molecule has 2 aliphatic heterocycles. The highest BCUT2D eigenvalue weighted by molar-refractivity contribution is 5.83. The normalized spacial score (nSPS) is 28.9. The van der Waals surface area contributed by atoms with Crippen LogP contribution in [0.4, 0.5) is 0 Å². The van der Waals surface area contributed by atoms with E-state index < -0.39 is 0 Å². The summed E-state index contributed by atoms with van der Waals surface area (Å²) in [4.78, 5) is 24.3. The fourth-order valence-electron chi connectivity index (χ4n) is 5.25. The van der Waals surface area contributed by atoms with Crippen LogP contribution in [0.1, 0.15) is 48.9 Å². The van der Waals surface area contributed by atoms with E-state index in [-0.39, 0.29) is 11.9 Å². The third-order valence-corrected chi connectivity index (χ3v) is 6.80. The number of amides is 1. The number of nitrogens with zero attached hydrogens (tertiary/aromatic N) is 4. The predicted molar refractivity (Wildman–Crippen MR) is 106 cm³/mol. The number of pyridine rings is 1. The SMILES string of the molecule is Cc1nc(-c2c(C)ncc3c2CCN(C(=O)C2NNC4CCC(C)CC42)C3)no1. The molecule has 1 aliphatic carbocycles. The Kier molecular flexibility index (Phi) is 4.63. The summed E-state index contributed by atoms with van der Waals surface area (Å²) in [6.45, 7) is 7.33. The van der Waals surface area contributed by atoms with Crippen molar-refractivity contribution >= 4 is 5.91 Å². The van der Waals surface area contributed by atoms with Crippen molar-refractivity contribution < 1.29 is 9.32 Å². The molecule has 154 valence electrons. The molecule has 2 N–H and O–H groups in total. The van der Waals surface area contributed by atoms with E-state index in [4.69, 9.17) is 4.52 Å². The molecule has 2 aromatic heterocycles. The molecular formula is C21H28N6O2. The first-order chi connectivity index (χ1) is 14.0. The first kappa shape index (κ1) is 18.7. The Labute approximate surface area is 170 Å². The highest BCUT2D eigenvalue weighted by atomic mass is 16.5. The number of carbonyl (C=O) groups is 1. The molecule has 2 aromatic rings. The van der Waals surface area contributed by atoms with Crippen molar-refractivity contribution in [3.63, 3.8) is 0 Å². The van der Waals surface area contributed by atoms with Crippen molar-refractivity contribution in [2.24, 2.45) is 11.8 Å². The number of rotatable bonds is 2. The fraction of sp³-hybridized carbons (Fsp3) is 0.619. The van der Waals surface area contributed by atoms with E-state index in [1.165, 1.54) is 12.0 Å². The lowest BCUT2D eigenvalue weighted by Crippen LogP contribution is -2.49. The van der Waals surface area contributed by atoms with Gasteiger partial charge in [0.2, 0.25) is 17.6 Å². The minimum Gasteiger partial charge on any atom is -0.339 e. The second-order valence-corrected chi connectivity index (χ2v) is 8.82. The molecule has 8 heteroatoms. The van der Waals surface area contributed by atoms with E-state index in [2.05, 4.69) is 32.9 Å². The molecular weight excluding hydrogens is 368 g/mol. The van der Waals surface area contributed by atoms with Crippen LogP contribution in [0.5, 0.6) is 0 Å². The summed E-state index contributed by atoms with van der Waals surface area (Å²) in [5.74, 6) is 2.39. The van der Waals surface area contributed by atoms with Crippen LogP contribution in [0.2, 0.25) is 0 Å². The molecule has 0 radical (unpaired) electrons. The molecule has 2 fully saturated rings. The fourth-order valence-corrected chi connectivity index (χ4v) is 5.25. The monoisotopic (exact) mass is 396 g/mol. The number of nitrogens with one attached hydrogen (secondary N) is 2. The summed E-state index contributed by atoms with van der Waals surface area (Å²) < 4.78 is 5.18. The maximum atomic E-state index is 13.4. The van der Waals surface area contributed by atoms with Crippen LogP contribution in [0.3, 0.4) is 0 Å². The lowest BCUT2D eigenvalue weighted by molar-refractivity contribution is -0.135. The van der Waals surface area contributed by atoms with Gasteiger partial charge >= 0.3 is 0 Å². The molecule has 0 aromatic carbocycles. The van der Waals surface area contributed by atoms with Gasteiger partial charge in [-0.1, -0.05) is 12.1 Å². The smallest absolute Gasteiger partial charge is 0.241 e. The van der Waals surface area contributed by atoms with Gasteiger partial charge in [-0.3, -0.25) is 15.2 Å². The van der Waals surface area contributed by atoms with Gasteiger partial charge < -0.3 is 9.42 Å².